The van der Waals surface area contributed by atoms with Gasteiger partial charge in [0, 0.05) is 31.5 Å². The minimum Gasteiger partial charge on any atom is -0.370 e. The fraction of sp³-hybridized carbons (Fsp3) is 0.467. The average molecular weight is 644 g/mol. The summed E-state index contributed by atoms with van der Waals surface area (Å²) >= 11 is 0. The van der Waals surface area contributed by atoms with Crippen molar-refractivity contribution in [1.82, 2.24) is 31.5 Å². The lowest BCUT2D eigenvalue weighted by molar-refractivity contribution is -0.137. The monoisotopic (exact) mass is 643 g/mol. The fourth-order valence-electron chi connectivity index (χ4n) is 4.16. The highest BCUT2D eigenvalue weighted by atomic mass is 16.5. The zero-order chi connectivity index (χ0) is 33.9. The lowest BCUT2D eigenvalue weighted by Gasteiger charge is -2.19. The predicted molar refractivity (Wildman–Crippen MR) is 163 cm³/mol. The van der Waals surface area contributed by atoms with Crippen LogP contribution in [0.1, 0.15) is 44.6 Å². The quantitative estimate of drug-likeness (QED) is 0.0488. The van der Waals surface area contributed by atoms with E-state index in [0.717, 1.165) is 10.5 Å². The molecule has 1 aliphatic heterocycles. The van der Waals surface area contributed by atoms with Crippen LogP contribution in [0.15, 0.2) is 42.5 Å². The van der Waals surface area contributed by atoms with E-state index in [1.54, 1.807) is 37.3 Å². The molecule has 1 aromatic rings. The van der Waals surface area contributed by atoms with Crippen LogP contribution in [0.5, 0.6) is 0 Å². The predicted octanol–water partition coefficient (Wildman–Crippen LogP) is -2.10. The van der Waals surface area contributed by atoms with Crippen molar-refractivity contribution in [3.8, 4) is 0 Å². The molecule has 7 N–H and O–H groups in total. The summed E-state index contributed by atoms with van der Waals surface area (Å²) in [4.78, 5) is 96.8. The van der Waals surface area contributed by atoms with Crippen molar-refractivity contribution in [2.45, 2.75) is 57.6 Å². The third-order valence-corrected chi connectivity index (χ3v) is 6.56. The molecule has 0 spiro atoms. The van der Waals surface area contributed by atoms with Crippen LogP contribution in [-0.2, 0) is 49.5 Å². The van der Waals surface area contributed by atoms with Gasteiger partial charge in [-0.25, -0.2) is 0 Å². The Balaban J connectivity index is 1.70. The molecule has 0 bridgehead atoms. The number of rotatable bonds is 21. The van der Waals surface area contributed by atoms with E-state index in [0.29, 0.717) is 19.3 Å². The Morgan fingerprint density at radius 1 is 0.783 bits per heavy atom. The van der Waals surface area contributed by atoms with Crippen LogP contribution in [0, 0.1) is 0 Å². The summed E-state index contributed by atoms with van der Waals surface area (Å²) in [5, 5.41) is 12.3. The maximum absolute atomic E-state index is 12.9. The summed E-state index contributed by atoms with van der Waals surface area (Å²) in [6, 6.07) is 7.79. The number of nitrogens with two attached hydrogens (primary N) is 1. The second-order valence-electron chi connectivity index (χ2n) is 10.4. The third kappa shape index (κ3) is 15.1. The molecule has 8 amide bonds. The van der Waals surface area contributed by atoms with Gasteiger partial charge in [0.15, 0.2) is 0 Å². The summed E-state index contributed by atoms with van der Waals surface area (Å²) in [7, 11) is 0. The number of hydrogen-bond donors (Lipinski definition) is 6. The number of carbonyl (C=O) groups excluding carboxylic acids is 8. The average Bonchev–Trinajstić information content (AvgIpc) is 3.33. The van der Waals surface area contributed by atoms with Crippen LogP contribution < -0.4 is 32.3 Å². The number of amides is 8. The lowest BCUT2D eigenvalue weighted by Crippen LogP contribution is -2.52. The molecule has 46 heavy (non-hydrogen) atoms. The van der Waals surface area contributed by atoms with Crippen LogP contribution in [0.25, 0.3) is 0 Å². The van der Waals surface area contributed by atoms with Crippen molar-refractivity contribution in [3.63, 3.8) is 0 Å². The number of nitrogens with zero attached hydrogens (tertiary/aromatic N) is 1. The normalized spacial score (nSPS) is 13.5. The summed E-state index contributed by atoms with van der Waals surface area (Å²) in [6.45, 7) is 0.468. The van der Waals surface area contributed by atoms with Gasteiger partial charge >= 0.3 is 0 Å². The van der Waals surface area contributed by atoms with Gasteiger partial charge in [-0.05, 0) is 25.3 Å². The van der Waals surface area contributed by atoms with E-state index in [-0.39, 0.29) is 56.8 Å². The molecule has 0 fully saturated rings. The second kappa shape index (κ2) is 20.0. The van der Waals surface area contributed by atoms with Gasteiger partial charge < -0.3 is 37.1 Å². The molecule has 16 nitrogen and oxygen atoms in total. The number of ether oxygens (including phenoxy) is 1. The molecule has 16 heteroatoms. The Kier molecular flexibility index (Phi) is 16.1. The molecule has 1 heterocycles. The summed E-state index contributed by atoms with van der Waals surface area (Å²) in [5.74, 6) is -4.10. The maximum atomic E-state index is 12.9. The number of benzene rings is 1. The number of imide groups is 1. The number of nitrogens with one attached hydrogen (secondary N) is 5. The Morgan fingerprint density at radius 3 is 2.07 bits per heavy atom. The number of hydrogen-bond acceptors (Lipinski definition) is 9. The minimum atomic E-state index is -1.07. The number of carbonyl (C=O) groups is 8. The molecule has 2 rings (SSSR count). The first-order chi connectivity index (χ1) is 21.9. The topological polar surface area (TPSA) is 235 Å². The standard InChI is InChI=1S/C30H41N7O9/c1-20(14-23(31)38)46-19-35-26(41)17-34-30(45)22(15-21-8-4-2-5-9-21)36-27(42)18-33-25(40)16-32-24(39)10-6-3-7-13-37-28(43)11-12-29(37)44/h2,4-5,8-9,11-12,20,22H,3,6-7,10,13-19H2,1H3,(H2,31,38)(H,32,39)(H,33,40)(H,34,45)(H,35,41)(H,36,42). The Labute approximate surface area is 266 Å². The van der Waals surface area contributed by atoms with Gasteiger partial charge in [0.1, 0.15) is 12.8 Å². The van der Waals surface area contributed by atoms with Gasteiger partial charge in [0.2, 0.25) is 35.4 Å². The third-order valence-electron chi connectivity index (χ3n) is 6.56. The summed E-state index contributed by atoms with van der Waals surface area (Å²) < 4.78 is 5.25. The van der Waals surface area contributed by atoms with Crippen LogP contribution in [0.3, 0.4) is 0 Å². The van der Waals surface area contributed by atoms with E-state index in [1.165, 1.54) is 12.2 Å². The molecule has 0 aliphatic carbocycles. The van der Waals surface area contributed by atoms with E-state index in [4.69, 9.17) is 10.5 Å². The smallest absolute Gasteiger partial charge is 0.253 e. The Bertz CT molecular complexity index is 1270. The van der Waals surface area contributed by atoms with Crippen LogP contribution in [0.4, 0.5) is 0 Å². The first kappa shape index (κ1) is 37.1. The maximum Gasteiger partial charge on any atom is 0.253 e. The minimum absolute atomic E-state index is 0.0166. The largest absolute Gasteiger partial charge is 0.370 e. The van der Waals surface area contributed by atoms with Gasteiger partial charge in [-0.3, -0.25) is 43.3 Å². The zero-order valence-electron chi connectivity index (χ0n) is 25.7. The van der Waals surface area contributed by atoms with Gasteiger partial charge in [0.25, 0.3) is 11.8 Å². The molecule has 2 unspecified atom stereocenters. The van der Waals surface area contributed by atoms with Crippen LogP contribution >= 0.6 is 0 Å². The van der Waals surface area contributed by atoms with Crippen molar-refractivity contribution < 1.29 is 43.1 Å². The van der Waals surface area contributed by atoms with Crippen molar-refractivity contribution in [2.75, 3.05) is 32.9 Å². The zero-order valence-corrected chi connectivity index (χ0v) is 25.7. The van der Waals surface area contributed by atoms with E-state index in [1.807, 2.05) is 0 Å². The van der Waals surface area contributed by atoms with Crippen molar-refractivity contribution >= 4 is 47.3 Å². The highest BCUT2D eigenvalue weighted by Gasteiger charge is 2.23. The SMILES string of the molecule is CC(CC(N)=O)OCNC(=O)CNC(=O)C(Cc1ccccc1)NC(=O)CNC(=O)CNC(=O)CCCCCN1C(=O)C=CC1=O. The van der Waals surface area contributed by atoms with Crippen molar-refractivity contribution in [2.24, 2.45) is 5.73 Å². The molecule has 0 saturated heterocycles. The lowest BCUT2D eigenvalue weighted by atomic mass is 10.1. The molecular formula is C30H41N7O9. The van der Waals surface area contributed by atoms with E-state index in [2.05, 4.69) is 26.6 Å². The Hall–Kier alpha value is -5.12. The van der Waals surface area contributed by atoms with Gasteiger partial charge in [0.05, 0.1) is 32.2 Å². The molecule has 0 radical (unpaired) electrons. The molecule has 1 aromatic carbocycles. The van der Waals surface area contributed by atoms with Crippen molar-refractivity contribution in [3.05, 3.63) is 48.0 Å². The van der Waals surface area contributed by atoms with Gasteiger partial charge in [-0.2, -0.15) is 0 Å². The first-order valence-corrected chi connectivity index (χ1v) is 14.8. The second-order valence-corrected chi connectivity index (χ2v) is 10.4. The van der Waals surface area contributed by atoms with E-state index < -0.39 is 54.8 Å². The first-order valence-electron chi connectivity index (χ1n) is 14.8. The number of primary amides is 1. The molecule has 0 saturated carbocycles. The molecule has 250 valence electrons. The van der Waals surface area contributed by atoms with Crippen LogP contribution in [0.2, 0.25) is 0 Å². The molecular weight excluding hydrogens is 602 g/mol. The molecule has 1 aliphatic rings. The van der Waals surface area contributed by atoms with E-state index in [9.17, 15) is 38.4 Å². The van der Waals surface area contributed by atoms with E-state index >= 15 is 0 Å². The highest BCUT2D eigenvalue weighted by Crippen LogP contribution is 2.08. The number of unbranched alkanes of at least 4 members (excludes halogenated alkanes) is 2. The van der Waals surface area contributed by atoms with Gasteiger partial charge in [-0.15, -0.1) is 0 Å². The fourth-order valence-corrected chi connectivity index (χ4v) is 4.16. The highest BCUT2D eigenvalue weighted by molar-refractivity contribution is 6.12. The molecule has 2 atom stereocenters. The Morgan fingerprint density at radius 2 is 1.39 bits per heavy atom. The van der Waals surface area contributed by atoms with Crippen LogP contribution in [-0.4, -0.2) is 97.2 Å². The van der Waals surface area contributed by atoms with Gasteiger partial charge in [-0.1, -0.05) is 36.8 Å². The summed E-state index contributed by atoms with van der Waals surface area (Å²) in [5.41, 5.74) is 5.83. The molecule has 0 aromatic heterocycles. The summed E-state index contributed by atoms with van der Waals surface area (Å²) in [6.07, 6.45) is 3.81. The van der Waals surface area contributed by atoms with Crippen molar-refractivity contribution in [1.29, 1.82) is 0 Å².